The molecule has 0 atom stereocenters. The van der Waals surface area contributed by atoms with Crippen LogP contribution in [0.2, 0.25) is 0 Å². The zero-order valence-corrected chi connectivity index (χ0v) is 13.4. The number of hydrogen-bond donors (Lipinski definition) is 0. The van der Waals surface area contributed by atoms with Gasteiger partial charge in [-0.15, -0.1) is 0 Å². The molecule has 0 aliphatic heterocycles. The Bertz CT molecular complexity index is 936. The fraction of sp³-hybridized carbons (Fsp3) is 0.0500. The molecule has 0 aliphatic carbocycles. The maximum absolute atomic E-state index is 5.78. The van der Waals surface area contributed by atoms with E-state index in [-0.39, 0.29) is 0 Å². The highest BCUT2D eigenvalue weighted by molar-refractivity contribution is 5.59. The third kappa shape index (κ3) is 3.55. The van der Waals surface area contributed by atoms with E-state index in [4.69, 9.17) is 9.26 Å². The van der Waals surface area contributed by atoms with E-state index in [0.717, 1.165) is 22.4 Å². The standard InChI is InChI=1S/C20H15N3O2/c1-2-5-15(6-3-1)14-24-18-10-8-16(9-11-18)19-22-20(25-23-19)17-7-4-12-21-13-17/h1-13H,14H2. The van der Waals surface area contributed by atoms with Crippen molar-refractivity contribution in [2.45, 2.75) is 6.61 Å². The molecule has 4 aromatic rings. The van der Waals surface area contributed by atoms with Crippen molar-refractivity contribution in [1.29, 1.82) is 0 Å². The summed E-state index contributed by atoms with van der Waals surface area (Å²) in [6.07, 6.45) is 3.40. The van der Waals surface area contributed by atoms with E-state index >= 15 is 0 Å². The first kappa shape index (κ1) is 15.1. The molecule has 0 amide bonds. The molecule has 0 fully saturated rings. The summed E-state index contributed by atoms with van der Waals surface area (Å²) in [6.45, 7) is 0.535. The van der Waals surface area contributed by atoms with E-state index in [2.05, 4.69) is 15.1 Å². The maximum Gasteiger partial charge on any atom is 0.259 e. The summed E-state index contributed by atoms with van der Waals surface area (Å²) in [5, 5.41) is 4.03. The first-order chi connectivity index (χ1) is 12.4. The SMILES string of the molecule is c1ccc(COc2ccc(-c3noc(-c4cccnc4)n3)cc2)cc1. The molecule has 0 saturated heterocycles. The minimum atomic E-state index is 0.451. The van der Waals surface area contributed by atoms with Crippen LogP contribution in [0.25, 0.3) is 22.8 Å². The molecule has 5 heteroatoms. The minimum Gasteiger partial charge on any atom is -0.489 e. The molecule has 0 N–H and O–H groups in total. The van der Waals surface area contributed by atoms with E-state index < -0.39 is 0 Å². The molecule has 5 nitrogen and oxygen atoms in total. The van der Waals surface area contributed by atoms with Gasteiger partial charge in [0.1, 0.15) is 12.4 Å². The number of benzene rings is 2. The van der Waals surface area contributed by atoms with E-state index in [1.165, 1.54) is 0 Å². The lowest BCUT2D eigenvalue weighted by Gasteiger charge is -2.06. The van der Waals surface area contributed by atoms with Crippen LogP contribution in [0, 0.1) is 0 Å². The van der Waals surface area contributed by atoms with Crippen LogP contribution in [0.4, 0.5) is 0 Å². The van der Waals surface area contributed by atoms with Crippen molar-refractivity contribution >= 4 is 0 Å². The molecule has 0 bridgehead atoms. The summed E-state index contributed by atoms with van der Waals surface area (Å²) >= 11 is 0. The van der Waals surface area contributed by atoms with Gasteiger partial charge in [-0.1, -0.05) is 35.5 Å². The summed E-state index contributed by atoms with van der Waals surface area (Å²) in [5.41, 5.74) is 2.79. The number of aromatic nitrogens is 3. The van der Waals surface area contributed by atoms with Crippen LogP contribution in [0.5, 0.6) is 5.75 Å². The van der Waals surface area contributed by atoms with Gasteiger partial charge in [0.2, 0.25) is 5.82 Å². The molecule has 0 unspecified atom stereocenters. The van der Waals surface area contributed by atoms with Crippen molar-refractivity contribution in [3.8, 4) is 28.6 Å². The zero-order valence-electron chi connectivity index (χ0n) is 13.4. The highest BCUT2D eigenvalue weighted by Gasteiger charge is 2.10. The van der Waals surface area contributed by atoms with Gasteiger partial charge in [0.15, 0.2) is 0 Å². The molecular formula is C20H15N3O2. The van der Waals surface area contributed by atoms with Gasteiger partial charge in [0, 0.05) is 18.0 Å². The third-order valence-corrected chi connectivity index (χ3v) is 3.70. The topological polar surface area (TPSA) is 61.0 Å². The molecule has 122 valence electrons. The Morgan fingerprint density at radius 3 is 2.44 bits per heavy atom. The van der Waals surface area contributed by atoms with E-state index in [1.54, 1.807) is 12.4 Å². The summed E-state index contributed by atoms with van der Waals surface area (Å²) in [5.74, 6) is 1.78. The second kappa shape index (κ2) is 6.97. The summed E-state index contributed by atoms with van der Waals surface area (Å²) in [7, 11) is 0. The van der Waals surface area contributed by atoms with Gasteiger partial charge in [-0.25, -0.2) is 0 Å². The van der Waals surface area contributed by atoms with Crippen LogP contribution in [0.3, 0.4) is 0 Å². The number of hydrogen-bond acceptors (Lipinski definition) is 5. The van der Waals surface area contributed by atoms with Gasteiger partial charge in [-0.2, -0.15) is 4.98 Å². The fourth-order valence-electron chi connectivity index (χ4n) is 2.39. The Morgan fingerprint density at radius 2 is 1.68 bits per heavy atom. The van der Waals surface area contributed by atoms with Gasteiger partial charge in [-0.3, -0.25) is 4.98 Å². The predicted octanol–water partition coefficient (Wildman–Crippen LogP) is 4.38. The van der Waals surface area contributed by atoms with Gasteiger partial charge in [0.25, 0.3) is 5.89 Å². The molecule has 0 radical (unpaired) electrons. The minimum absolute atomic E-state index is 0.451. The quantitative estimate of drug-likeness (QED) is 0.544. The number of ether oxygens (including phenoxy) is 1. The first-order valence-corrected chi connectivity index (χ1v) is 7.90. The van der Waals surface area contributed by atoms with Crippen LogP contribution in [0.1, 0.15) is 5.56 Å². The van der Waals surface area contributed by atoms with Crippen molar-refractivity contribution in [2.75, 3.05) is 0 Å². The van der Waals surface area contributed by atoms with Crippen LogP contribution >= 0.6 is 0 Å². The van der Waals surface area contributed by atoms with Crippen LogP contribution < -0.4 is 4.74 Å². The molecule has 2 aromatic carbocycles. The maximum atomic E-state index is 5.78. The molecule has 25 heavy (non-hydrogen) atoms. The monoisotopic (exact) mass is 329 g/mol. The van der Waals surface area contributed by atoms with Gasteiger partial charge < -0.3 is 9.26 Å². The average molecular weight is 329 g/mol. The van der Waals surface area contributed by atoms with Crippen molar-refractivity contribution in [1.82, 2.24) is 15.1 Å². The van der Waals surface area contributed by atoms with Gasteiger partial charge in [0.05, 0.1) is 5.56 Å². The normalized spacial score (nSPS) is 10.6. The molecule has 2 aromatic heterocycles. The molecular weight excluding hydrogens is 314 g/mol. The largest absolute Gasteiger partial charge is 0.489 e. The van der Waals surface area contributed by atoms with Crippen LogP contribution in [-0.4, -0.2) is 15.1 Å². The van der Waals surface area contributed by atoms with Crippen molar-refractivity contribution < 1.29 is 9.26 Å². The van der Waals surface area contributed by atoms with Crippen molar-refractivity contribution in [3.05, 3.63) is 84.7 Å². The Balaban J connectivity index is 1.46. The highest BCUT2D eigenvalue weighted by atomic mass is 16.5. The molecule has 0 saturated carbocycles. The number of pyridine rings is 1. The average Bonchev–Trinajstić information content (AvgIpc) is 3.19. The zero-order chi connectivity index (χ0) is 16.9. The molecule has 0 aliphatic rings. The fourth-order valence-corrected chi connectivity index (χ4v) is 2.39. The Kier molecular flexibility index (Phi) is 4.20. The van der Waals surface area contributed by atoms with Crippen molar-refractivity contribution in [3.63, 3.8) is 0 Å². The molecule has 2 heterocycles. The Hall–Kier alpha value is -3.47. The van der Waals surface area contributed by atoms with Gasteiger partial charge >= 0.3 is 0 Å². The van der Waals surface area contributed by atoms with E-state index in [9.17, 15) is 0 Å². The number of nitrogens with zero attached hydrogens (tertiary/aromatic N) is 3. The molecule has 4 rings (SSSR count). The van der Waals surface area contributed by atoms with Gasteiger partial charge in [-0.05, 0) is 42.0 Å². The highest BCUT2D eigenvalue weighted by Crippen LogP contribution is 2.23. The third-order valence-electron chi connectivity index (χ3n) is 3.70. The Morgan fingerprint density at radius 1 is 0.840 bits per heavy atom. The smallest absolute Gasteiger partial charge is 0.259 e. The summed E-state index contributed by atoms with van der Waals surface area (Å²) in [6, 6.07) is 21.4. The number of rotatable bonds is 5. The lowest BCUT2D eigenvalue weighted by atomic mass is 10.2. The second-order valence-corrected chi connectivity index (χ2v) is 5.46. The Labute approximate surface area is 144 Å². The summed E-state index contributed by atoms with van der Waals surface area (Å²) < 4.78 is 11.1. The predicted molar refractivity (Wildman–Crippen MR) is 93.7 cm³/mol. The summed E-state index contributed by atoms with van der Waals surface area (Å²) in [4.78, 5) is 8.47. The lowest BCUT2D eigenvalue weighted by molar-refractivity contribution is 0.306. The first-order valence-electron chi connectivity index (χ1n) is 7.90. The van der Waals surface area contributed by atoms with Crippen molar-refractivity contribution in [2.24, 2.45) is 0 Å². The van der Waals surface area contributed by atoms with E-state index in [0.29, 0.717) is 18.3 Å². The van der Waals surface area contributed by atoms with Crippen LogP contribution in [0.15, 0.2) is 83.6 Å². The van der Waals surface area contributed by atoms with Crippen LogP contribution in [-0.2, 0) is 6.61 Å². The van der Waals surface area contributed by atoms with E-state index in [1.807, 2.05) is 66.7 Å². The molecule has 0 spiro atoms. The second-order valence-electron chi connectivity index (χ2n) is 5.46. The lowest BCUT2D eigenvalue weighted by Crippen LogP contribution is -1.94.